The van der Waals surface area contributed by atoms with E-state index in [1.165, 1.54) is 12.1 Å². The molecule has 0 spiro atoms. The number of halogens is 3. The van der Waals surface area contributed by atoms with Gasteiger partial charge in [0, 0.05) is 44.0 Å². The number of nitrogens with zero attached hydrogens (tertiary/aromatic N) is 4. The minimum atomic E-state index is -4.56. The molecule has 0 bridgehead atoms. The topological polar surface area (TPSA) is 79.7 Å². The second-order valence-electron chi connectivity index (χ2n) is 11.2. The van der Waals surface area contributed by atoms with Crippen LogP contribution in [0.3, 0.4) is 0 Å². The van der Waals surface area contributed by atoms with Gasteiger partial charge in [-0.1, -0.05) is 30.3 Å². The van der Waals surface area contributed by atoms with Crippen molar-refractivity contribution >= 4 is 29.0 Å². The van der Waals surface area contributed by atoms with Gasteiger partial charge in [0.1, 0.15) is 5.60 Å². The van der Waals surface area contributed by atoms with E-state index in [4.69, 9.17) is 4.74 Å². The van der Waals surface area contributed by atoms with Crippen LogP contribution in [-0.2, 0) is 17.5 Å². The quantitative estimate of drug-likeness (QED) is 0.298. The van der Waals surface area contributed by atoms with Gasteiger partial charge in [0.25, 0.3) is 5.91 Å². The second-order valence-corrected chi connectivity index (χ2v) is 11.2. The minimum absolute atomic E-state index is 0.122. The van der Waals surface area contributed by atoms with Crippen molar-refractivity contribution in [3.05, 3.63) is 89.5 Å². The molecule has 1 aliphatic heterocycles. The molecule has 5 rings (SSSR count). The molecular formula is C31H32F3N5O3. The zero-order chi connectivity index (χ0) is 30.1. The molecule has 42 heavy (non-hydrogen) atoms. The molecule has 2 heterocycles. The number of fused-ring (bicyclic) bond motifs is 1. The summed E-state index contributed by atoms with van der Waals surface area (Å²) in [6.45, 7) is 8.68. The van der Waals surface area contributed by atoms with Gasteiger partial charge >= 0.3 is 12.3 Å². The van der Waals surface area contributed by atoms with E-state index in [-0.39, 0.29) is 17.6 Å². The van der Waals surface area contributed by atoms with Crippen LogP contribution in [0.25, 0.3) is 16.7 Å². The van der Waals surface area contributed by atoms with Crippen molar-refractivity contribution < 1.29 is 27.5 Å². The highest BCUT2D eigenvalue weighted by molar-refractivity contribution is 6.04. The van der Waals surface area contributed by atoms with Gasteiger partial charge in [-0.25, -0.2) is 9.78 Å². The second kappa shape index (κ2) is 11.5. The predicted octanol–water partition coefficient (Wildman–Crippen LogP) is 6.35. The molecule has 1 saturated heterocycles. The molecule has 1 aliphatic rings. The molecule has 0 unspecified atom stereocenters. The van der Waals surface area contributed by atoms with Crippen LogP contribution in [0.2, 0.25) is 0 Å². The summed E-state index contributed by atoms with van der Waals surface area (Å²) in [4.78, 5) is 34.1. The Morgan fingerprint density at radius 2 is 1.62 bits per heavy atom. The normalized spacial score (nSPS) is 14.7. The first-order chi connectivity index (χ1) is 19.9. The Balaban J connectivity index is 1.37. The smallest absolute Gasteiger partial charge is 0.416 e. The van der Waals surface area contributed by atoms with Crippen LogP contribution in [-0.4, -0.2) is 63.1 Å². The number of hydrogen-bond donors (Lipinski definition) is 1. The maximum absolute atomic E-state index is 13.2. The van der Waals surface area contributed by atoms with E-state index in [1.807, 2.05) is 69.3 Å². The van der Waals surface area contributed by atoms with Crippen LogP contribution in [0.1, 0.15) is 42.3 Å². The van der Waals surface area contributed by atoms with E-state index in [0.717, 1.165) is 28.9 Å². The van der Waals surface area contributed by atoms with Gasteiger partial charge < -0.3 is 9.64 Å². The van der Waals surface area contributed by atoms with Crippen LogP contribution in [0.4, 0.5) is 23.9 Å². The van der Waals surface area contributed by atoms with Crippen LogP contribution >= 0.6 is 0 Å². The molecule has 1 aromatic heterocycles. The van der Waals surface area contributed by atoms with Crippen LogP contribution in [0, 0.1) is 0 Å². The molecular weight excluding hydrogens is 547 g/mol. The van der Waals surface area contributed by atoms with Crippen molar-refractivity contribution in [2.45, 2.75) is 39.1 Å². The SMILES string of the molecule is CC(C)(C)OC(=O)N1CCN(Cc2ccc3c(c2)nc(NC(=O)c2cccc(C(F)(F)F)c2)n3-c2ccccc2)CC1. The van der Waals surface area contributed by atoms with Gasteiger partial charge in [0.05, 0.1) is 16.6 Å². The summed E-state index contributed by atoms with van der Waals surface area (Å²) in [6.07, 6.45) is -4.87. The Morgan fingerprint density at radius 3 is 2.29 bits per heavy atom. The minimum Gasteiger partial charge on any atom is -0.444 e. The maximum Gasteiger partial charge on any atom is 0.416 e. The Bertz CT molecular complexity index is 1590. The average Bonchev–Trinajstić information content (AvgIpc) is 3.29. The first-order valence-corrected chi connectivity index (χ1v) is 13.6. The van der Waals surface area contributed by atoms with Crippen molar-refractivity contribution in [1.29, 1.82) is 0 Å². The van der Waals surface area contributed by atoms with Crippen molar-refractivity contribution in [1.82, 2.24) is 19.4 Å². The first-order valence-electron chi connectivity index (χ1n) is 13.6. The number of ether oxygens (including phenoxy) is 1. The third kappa shape index (κ3) is 6.73. The van der Waals surface area contributed by atoms with Gasteiger partial charge in [0.2, 0.25) is 5.95 Å². The predicted molar refractivity (Wildman–Crippen MR) is 154 cm³/mol. The summed E-state index contributed by atoms with van der Waals surface area (Å²) in [7, 11) is 0. The fourth-order valence-corrected chi connectivity index (χ4v) is 4.83. The molecule has 0 atom stereocenters. The fraction of sp³-hybridized carbons (Fsp3) is 0.323. The summed E-state index contributed by atoms with van der Waals surface area (Å²) in [5, 5.41) is 2.71. The van der Waals surface area contributed by atoms with Crippen molar-refractivity contribution in [3.8, 4) is 5.69 Å². The number of anilines is 1. The lowest BCUT2D eigenvalue weighted by atomic mass is 10.1. The summed E-state index contributed by atoms with van der Waals surface area (Å²) in [6, 6.07) is 19.4. The molecule has 0 saturated carbocycles. The number of carbonyl (C=O) groups excluding carboxylic acids is 2. The highest BCUT2D eigenvalue weighted by atomic mass is 19.4. The number of benzene rings is 3. The van der Waals surface area contributed by atoms with E-state index in [1.54, 1.807) is 9.47 Å². The van der Waals surface area contributed by atoms with E-state index in [0.29, 0.717) is 38.2 Å². The molecule has 11 heteroatoms. The number of piperazine rings is 1. The number of carbonyl (C=O) groups is 2. The van der Waals surface area contributed by atoms with E-state index in [9.17, 15) is 22.8 Å². The molecule has 3 aromatic carbocycles. The van der Waals surface area contributed by atoms with Gasteiger partial charge in [-0.3, -0.25) is 19.6 Å². The zero-order valence-electron chi connectivity index (χ0n) is 23.6. The Morgan fingerprint density at radius 1 is 0.905 bits per heavy atom. The highest BCUT2D eigenvalue weighted by Gasteiger charge is 2.31. The lowest BCUT2D eigenvalue weighted by molar-refractivity contribution is -0.137. The monoisotopic (exact) mass is 579 g/mol. The molecule has 220 valence electrons. The number of imidazole rings is 1. The summed E-state index contributed by atoms with van der Waals surface area (Å²) >= 11 is 0. The lowest BCUT2D eigenvalue weighted by Gasteiger charge is -2.35. The van der Waals surface area contributed by atoms with Crippen molar-refractivity contribution in [2.75, 3.05) is 31.5 Å². The van der Waals surface area contributed by atoms with Crippen molar-refractivity contribution in [2.24, 2.45) is 0 Å². The molecule has 1 fully saturated rings. The van der Waals surface area contributed by atoms with E-state index < -0.39 is 23.2 Å². The Labute approximate surface area is 241 Å². The number of hydrogen-bond acceptors (Lipinski definition) is 5. The van der Waals surface area contributed by atoms with Gasteiger partial charge in [0.15, 0.2) is 0 Å². The number of rotatable bonds is 5. The first kappa shape index (κ1) is 29.1. The molecule has 0 radical (unpaired) electrons. The van der Waals surface area contributed by atoms with Gasteiger partial charge in [-0.05, 0) is 68.8 Å². The Kier molecular flexibility index (Phi) is 7.96. The molecule has 8 nitrogen and oxygen atoms in total. The standard InChI is InChI=1S/C31H32F3N5O3/c1-30(2,3)42-29(41)38-16-14-37(15-17-38)20-21-12-13-26-25(18-21)35-28(39(26)24-10-5-4-6-11-24)36-27(40)22-8-7-9-23(19-22)31(32,33)34/h4-13,18-19H,14-17,20H2,1-3H3,(H,35,36,40). The van der Waals surface area contributed by atoms with Gasteiger partial charge in [-0.2, -0.15) is 13.2 Å². The lowest BCUT2D eigenvalue weighted by Crippen LogP contribution is -2.49. The molecule has 1 N–H and O–H groups in total. The summed E-state index contributed by atoms with van der Waals surface area (Å²) < 4.78 is 46.9. The van der Waals surface area contributed by atoms with Crippen LogP contribution in [0.15, 0.2) is 72.8 Å². The zero-order valence-corrected chi connectivity index (χ0v) is 23.6. The van der Waals surface area contributed by atoms with E-state index in [2.05, 4.69) is 15.2 Å². The maximum atomic E-state index is 13.2. The third-order valence-electron chi connectivity index (χ3n) is 6.84. The highest BCUT2D eigenvalue weighted by Crippen LogP contribution is 2.30. The Hall–Kier alpha value is -4.38. The third-order valence-corrected chi connectivity index (χ3v) is 6.84. The number of para-hydroxylation sites is 1. The number of alkyl halides is 3. The molecule has 4 aromatic rings. The number of nitrogens with one attached hydrogen (secondary N) is 1. The molecule has 2 amide bonds. The fourth-order valence-electron chi connectivity index (χ4n) is 4.83. The average molecular weight is 580 g/mol. The van der Waals surface area contributed by atoms with E-state index >= 15 is 0 Å². The van der Waals surface area contributed by atoms with Gasteiger partial charge in [-0.15, -0.1) is 0 Å². The number of amides is 2. The summed E-state index contributed by atoms with van der Waals surface area (Å²) in [5.41, 5.74) is 1.54. The largest absolute Gasteiger partial charge is 0.444 e. The van der Waals surface area contributed by atoms with Crippen LogP contribution < -0.4 is 5.32 Å². The molecule has 0 aliphatic carbocycles. The van der Waals surface area contributed by atoms with Crippen molar-refractivity contribution in [3.63, 3.8) is 0 Å². The summed E-state index contributed by atoms with van der Waals surface area (Å²) in [5.74, 6) is -0.501. The number of aromatic nitrogens is 2. The van der Waals surface area contributed by atoms with Crippen LogP contribution in [0.5, 0.6) is 0 Å².